The number of nitrogens with zero attached hydrogens (tertiary/aromatic N) is 1. The van der Waals surface area contributed by atoms with Crippen LogP contribution in [-0.4, -0.2) is 41.7 Å². The second-order valence-corrected chi connectivity index (χ2v) is 8.84. The number of carbonyl (C=O) groups excluding carboxylic acids is 4. The highest BCUT2D eigenvalue weighted by molar-refractivity contribution is 6.06. The molecule has 1 saturated carbocycles. The molecule has 4 amide bonds. The topological polar surface area (TPSA) is 105 Å². The average molecular weight is 447 g/mol. The third-order valence-corrected chi connectivity index (χ3v) is 6.62. The lowest BCUT2D eigenvalue weighted by atomic mass is 10.0. The molecule has 0 radical (unpaired) electrons. The van der Waals surface area contributed by atoms with E-state index in [0.717, 1.165) is 24.2 Å². The second-order valence-electron chi connectivity index (χ2n) is 8.84. The van der Waals surface area contributed by atoms with Gasteiger partial charge in [0, 0.05) is 24.1 Å². The van der Waals surface area contributed by atoms with Crippen molar-refractivity contribution in [1.82, 2.24) is 15.5 Å². The molecular formula is C25H25N3O5. The van der Waals surface area contributed by atoms with Crippen LogP contribution in [0.4, 0.5) is 0 Å². The Morgan fingerprint density at radius 2 is 1.94 bits per heavy atom. The lowest BCUT2D eigenvalue weighted by Crippen LogP contribution is -2.52. The zero-order valence-electron chi connectivity index (χ0n) is 18.3. The SMILES string of the molecule is COc1cccc([C@@H](NC(=O)c2ccc3c(c2)CN(C2CCC(=O)NC2=O)C3=O)C2CC2)c1. The number of benzene rings is 2. The van der Waals surface area contributed by atoms with Crippen molar-refractivity contribution in [3.8, 4) is 5.75 Å². The number of hydrogen-bond donors (Lipinski definition) is 2. The van der Waals surface area contributed by atoms with E-state index in [1.165, 1.54) is 4.90 Å². The standard InChI is InChI=1S/C25H25N3O5/c1-33-18-4-2-3-15(12-18)22(14-5-6-14)27-23(30)16-7-8-19-17(11-16)13-28(25(19)32)20-9-10-21(29)26-24(20)31/h2-4,7-8,11-12,14,20,22H,5-6,9-10,13H2,1H3,(H,27,30)(H,26,29,31)/t20?,22-/m0/s1. The van der Waals surface area contributed by atoms with Gasteiger partial charge in [-0.05, 0) is 66.6 Å². The highest BCUT2D eigenvalue weighted by atomic mass is 16.5. The van der Waals surface area contributed by atoms with Gasteiger partial charge >= 0.3 is 0 Å². The number of rotatable bonds is 6. The Morgan fingerprint density at radius 3 is 2.67 bits per heavy atom. The largest absolute Gasteiger partial charge is 0.497 e. The Morgan fingerprint density at radius 1 is 1.12 bits per heavy atom. The van der Waals surface area contributed by atoms with E-state index in [2.05, 4.69) is 10.6 Å². The maximum atomic E-state index is 13.1. The van der Waals surface area contributed by atoms with Gasteiger partial charge in [-0.15, -0.1) is 0 Å². The first-order chi connectivity index (χ1) is 15.9. The molecule has 1 aliphatic carbocycles. The van der Waals surface area contributed by atoms with Crippen LogP contribution in [0, 0.1) is 5.92 Å². The molecule has 0 spiro atoms. The molecule has 2 heterocycles. The van der Waals surface area contributed by atoms with Gasteiger partial charge in [0.2, 0.25) is 11.8 Å². The van der Waals surface area contributed by atoms with Crippen LogP contribution in [0.2, 0.25) is 0 Å². The summed E-state index contributed by atoms with van der Waals surface area (Å²) in [6.45, 7) is 0.240. The zero-order chi connectivity index (χ0) is 23.1. The molecule has 2 atom stereocenters. The molecule has 3 aliphatic rings. The molecule has 0 aromatic heterocycles. The summed E-state index contributed by atoms with van der Waals surface area (Å²) in [6, 6.07) is 12.0. The van der Waals surface area contributed by atoms with Crippen molar-refractivity contribution in [3.63, 3.8) is 0 Å². The predicted octanol–water partition coefficient (Wildman–Crippen LogP) is 2.34. The van der Waals surface area contributed by atoms with Crippen LogP contribution >= 0.6 is 0 Å². The van der Waals surface area contributed by atoms with Gasteiger partial charge in [-0.25, -0.2) is 0 Å². The van der Waals surface area contributed by atoms with Gasteiger partial charge in [-0.2, -0.15) is 0 Å². The van der Waals surface area contributed by atoms with Crippen molar-refractivity contribution < 1.29 is 23.9 Å². The van der Waals surface area contributed by atoms with Crippen molar-refractivity contribution in [1.29, 1.82) is 0 Å². The Labute approximate surface area is 191 Å². The molecule has 5 rings (SSSR count). The third kappa shape index (κ3) is 4.08. The zero-order valence-corrected chi connectivity index (χ0v) is 18.3. The number of piperidine rings is 1. The van der Waals surface area contributed by atoms with Crippen molar-refractivity contribution in [3.05, 3.63) is 64.7 Å². The van der Waals surface area contributed by atoms with Crippen LogP contribution < -0.4 is 15.4 Å². The first-order valence-electron chi connectivity index (χ1n) is 11.2. The molecule has 2 aromatic carbocycles. The van der Waals surface area contributed by atoms with Gasteiger partial charge in [0.1, 0.15) is 11.8 Å². The van der Waals surface area contributed by atoms with Crippen molar-refractivity contribution in [2.24, 2.45) is 5.92 Å². The molecule has 2 aromatic rings. The molecule has 8 nitrogen and oxygen atoms in total. The van der Waals surface area contributed by atoms with Crippen molar-refractivity contribution in [2.75, 3.05) is 7.11 Å². The van der Waals surface area contributed by atoms with E-state index in [9.17, 15) is 19.2 Å². The number of fused-ring (bicyclic) bond motifs is 1. The lowest BCUT2D eigenvalue weighted by Gasteiger charge is -2.29. The predicted molar refractivity (Wildman–Crippen MR) is 118 cm³/mol. The van der Waals surface area contributed by atoms with Crippen LogP contribution in [0.5, 0.6) is 5.75 Å². The molecule has 0 bridgehead atoms. The number of ether oxygens (including phenoxy) is 1. The van der Waals surface area contributed by atoms with Gasteiger partial charge < -0.3 is 15.0 Å². The fourth-order valence-electron chi connectivity index (χ4n) is 4.68. The summed E-state index contributed by atoms with van der Waals surface area (Å²) < 4.78 is 5.33. The molecule has 1 saturated heterocycles. The van der Waals surface area contributed by atoms with Gasteiger partial charge in [-0.3, -0.25) is 24.5 Å². The Bertz CT molecular complexity index is 1160. The van der Waals surface area contributed by atoms with Crippen LogP contribution in [0.3, 0.4) is 0 Å². The summed E-state index contributed by atoms with van der Waals surface area (Å²) in [7, 11) is 1.62. The van der Waals surface area contributed by atoms with Crippen LogP contribution in [0.15, 0.2) is 42.5 Å². The van der Waals surface area contributed by atoms with Gasteiger partial charge in [0.25, 0.3) is 11.8 Å². The third-order valence-electron chi connectivity index (χ3n) is 6.62. The molecule has 8 heteroatoms. The van der Waals surface area contributed by atoms with E-state index in [0.29, 0.717) is 29.0 Å². The lowest BCUT2D eigenvalue weighted by molar-refractivity contribution is -0.136. The summed E-state index contributed by atoms with van der Waals surface area (Å²) in [5.74, 6) is -0.0864. The van der Waals surface area contributed by atoms with Gasteiger partial charge in [0.15, 0.2) is 0 Å². The molecule has 33 heavy (non-hydrogen) atoms. The molecule has 2 fully saturated rings. The number of amides is 4. The minimum Gasteiger partial charge on any atom is -0.497 e. The van der Waals surface area contributed by atoms with E-state index in [1.54, 1.807) is 25.3 Å². The van der Waals surface area contributed by atoms with E-state index in [1.807, 2.05) is 24.3 Å². The molecular weight excluding hydrogens is 422 g/mol. The maximum Gasteiger partial charge on any atom is 0.255 e. The minimum absolute atomic E-state index is 0.109. The van der Waals surface area contributed by atoms with Crippen LogP contribution in [-0.2, 0) is 16.1 Å². The van der Waals surface area contributed by atoms with Gasteiger partial charge in [0.05, 0.1) is 13.2 Å². The quantitative estimate of drug-likeness (QED) is 0.662. The smallest absolute Gasteiger partial charge is 0.255 e. The van der Waals surface area contributed by atoms with E-state index < -0.39 is 11.9 Å². The Kier molecular flexibility index (Phi) is 5.36. The first-order valence-corrected chi connectivity index (χ1v) is 11.2. The normalized spacial score (nSPS) is 20.8. The average Bonchev–Trinajstić information content (AvgIpc) is 3.61. The van der Waals surface area contributed by atoms with Crippen LogP contribution in [0.1, 0.15) is 63.6 Å². The fraction of sp³-hybridized carbons (Fsp3) is 0.360. The minimum atomic E-state index is -0.674. The number of nitrogens with one attached hydrogen (secondary N) is 2. The monoisotopic (exact) mass is 447 g/mol. The summed E-state index contributed by atoms with van der Waals surface area (Å²) in [4.78, 5) is 51.2. The molecule has 2 N–H and O–H groups in total. The Balaban J connectivity index is 1.33. The number of methoxy groups -OCH3 is 1. The van der Waals surface area contributed by atoms with E-state index in [-0.39, 0.29) is 36.7 Å². The number of imide groups is 1. The highest BCUT2D eigenvalue weighted by Gasteiger charge is 2.39. The summed E-state index contributed by atoms with van der Waals surface area (Å²) in [6.07, 6.45) is 2.63. The second kappa shape index (κ2) is 8.35. The van der Waals surface area contributed by atoms with E-state index in [4.69, 9.17) is 4.74 Å². The summed E-state index contributed by atoms with van der Waals surface area (Å²) >= 11 is 0. The van der Waals surface area contributed by atoms with Crippen molar-refractivity contribution >= 4 is 23.6 Å². The fourth-order valence-corrected chi connectivity index (χ4v) is 4.68. The van der Waals surface area contributed by atoms with Gasteiger partial charge in [-0.1, -0.05) is 12.1 Å². The number of carbonyl (C=O) groups is 4. The van der Waals surface area contributed by atoms with Crippen LogP contribution in [0.25, 0.3) is 0 Å². The maximum absolute atomic E-state index is 13.1. The summed E-state index contributed by atoms with van der Waals surface area (Å²) in [5.41, 5.74) is 2.68. The molecule has 1 unspecified atom stereocenters. The molecule has 170 valence electrons. The molecule has 2 aliphatic heterocycles. The highest BCUT2D eigenvalue weighted by Crippen LogP contribution is 2.42. The Hall–Kier alpha value is -3.68. The summed E-state index contributed by atoms with van der Waals surface area (Å²) in [5, 5.41) is 5.46. The van der Waals surface area contributed by atoms with E-state index >= 15 is 0 Å². The van der Waals surface area contributed by atoms with Crippen molar-refractivity contribution in [2.45, 2.75) is 44.3 Å². The number of hydrogen-bond acceptors (Lipinski definition) is 5. The first kappa shape index (κ1) is 21.2.